The molecule has 0 fully saturated rings. The second-order valence-corrected chi connectivity index (χ2v) is 5.37. The smallest absolute Gasteiger partial charge is 0.330 e. The van der Waals surface area contributed by atoms with Gasteiger partial charge >= 0.3 is 5.97 Å². The van der Waals surface area contributed by atoms with E-state index in [9.17, 15) is 4.79 Å². The molecule has 1 unspecified atom stereocenters. The fourth-order valence-electron chi connectivity index (χ4n) is 2.23. The van der Waals surface area contributed by atoms with Crippen LogP contribution in [0.25, 0.3) is 0 Å². The Labute approximate surface area is 119 Å². The maximum absolute atomic E-state index is 11.0. The van der Waals surface area contributed by atoms with Crippen LogP contribution in [0.5, 0.6) is 0 Å². The third-order valence-corrected chi connectivity index (χ3v) is 3.67. The van der Waals surface area contributed by atoms with E-state index in [0.29, 0.717) is 12.5 Å². The summed E-state index contributed by atoms with van der Waals surface area (Å²) >= 11 is 0. The van der Waals surface area contributed by atoms with Crippen molar-refractivity contribution in [3.63, 3.8) is 0 Å². The molecule has 0 N–H and O–H groups in total. The first-order valence-electron chi connectivity index (χ1n) is 8.03. The Kier molecular flexibility index (Phi) is 13.1. The van der Waals surface area contributed by atoms with Gasteiger partial charge in [-0.3, -0.25) is 0 Å². The Hall–Kier alpha value is -0.790. The van der Waals surface area contributed by atoms with Crippen molar-refractivity contribution in [3.8, 4) is 0 Å². The van der Waals surface area contributed by atoms with Crippen LogP contribution < -0.4 is 0 Å². The average Bonchev–Trinajstić information content (AvgIpc) is 2.44. The summed E-state index contributed by atoms with van der Waals surface area (Å²) in [6.07, 6.45) is 14.3. The highest BCUT2D eigenvalue weighted by molar-refractivity contribution is 5.81. The van der Waals surface area contributed by atoms with Crippen molar-refractivity contribution < 1.29 is 9.53 Å². The predicted octanol–water partition coefficient (Wildman–Crippen LogP) is 5.27. The lowest BCUT2D eigenvalue weighted by molar-refractivity contribution is -0.139. The van der Waals surface area contributed by atoms with Gasteiger partial charge < -0.3 is 4.74 Å². The molecule has 0 aliphatic heterocycles. The van der Waals surface area contributed by atoms with Crippen LogP contribution in [0.3, 0.4) is 0 Å². The molecule has 112 valence electrons. The predicted molar refractivity (Wildman–Crippen MR) is 82.2 cm³/mol. The molecule has 0 saturated carbocycles. The first kappa shape index (κ1) is 18.2. The number of unbranched alkanes of at least 4 members (excludes halogenated alkanes) is 7. The van der Waals surface area contributed by atoms with E-state index in [4.69, 9.17) is 4.74 Å². The number of carbonyl (C=O) groups is 1. The molecule has 0 aliphatic rings. The summed E-state index contributed by atoms with van der Waals surface area (Å²) < 4.78 is 5.11. The van der Waals surface area contributed by atoms with Crippen LogP contribution in [-0.2, 0) is 9.53 Å². The summed E-state index contributed by atoms with van der Waals surface area (Å²) in [5.41, 5.74) is 0. The maximum Gasteiger partial charge on any atom is 0.330 e. The molecule has 0 aliphatic carbocycles. The van der Waals surface area contributed by atoms with Gasteiger partial charge in [0.25, 0.3) is 0 Å². The number of rotatable bonds is 13. The third kappa shape index (κ3) is 12.0. The lowest BCUT2D eigenvalue weighted by Crippen LogP contribution is -2.12. The van der Waals surface area contributed by atoms with Crippen LogP contribution in [0.4, 0.5) is 0 Å². The van der Waals surface area contributed by atoms with Crippen molar-refractivity contribution in [2.24, 2.45) is 5.92 Å². The maximum atomic E-state index is 11.0. The van der Waals surface area contributed by atoms with E-state index in [1.54, 1.807) is 0 Å². The molecule has 2 nitrogen and oxygen atoms in total. The highest BCUT2D eigenvalue weighted by Crippen LogP contribution is 2.16. The second kappa shape index (κ2) is 13.6. The van der Waals surface area contributed by atoms with Gasteiger partial charge in [0.15, 0.2) is 0 Å². The zero-order valence-electron chi connectivity index (χ0n) is 13.0. The third-order valence-electron chi connectivity index (χ3n) is 3.67. The zero-order chi connectivity index (χ0) is 14.3. The second-order valence-electron chi connectivity index (χ2n) is 5.37. The molecule has 0 aromatic rings. The van der Waals surface area contributed by atoms with Gasteiger partial charge in [0.05, 0.1) is 6.61 Å². The molecule has 0 spiro atoms. The van der Waals surface area contributed by atoms with E-state index in [2.05, 4.69) is 20.4 Å². The standard InChI is InChI=1S/C17H32O2/c1-4-7-8-9-10-11-12-13-14-16(5-2)15-19-17(18)6-3/h6,16H,3-5,7-15H2,1-2H3. The summed E-state index contributed by atoms with van der Waals surface area (Å²) in [7, 11) is 0. The summed E-state index contributed by atoms with van der Waals surface area (Å²) in [5, 5.41) is 0. The summed E-state index contributed by atoms with van der Waals surface area (Å²) in [6, 6.07) is 0. The lowest BCUT2D eigenvalue weighted by atomic mass is 9.98. The van der Waals surface area contributed by atoms with Crippen LogP contribution in [0.1, 0.15) is 78.1 Å². The van der Waals surface area contributed by atoms with E-state index in [-0.39, 0.29) is 5.97 Å². The number of hydrogen-bond acceptors (Lipinski definition) is 2. The molecule has 0 aromatic carbocycles. The van der Waals surface area contributed by atoms with E-state index in [0.717, 1.165) is 6.42 Å². The summed E-state index contributed by atoms with van der Waals surface area (Å²) in [5.74, 6) is 0.221. The van der Waals surface area contributed by atoms with Gasteiger partial charge in [0.1, 0.15) is 0 Å². The minimum atomic E-state index is -0.297. The van der Waals surface area contributed by atoms with Gasteiger partial charge in [-0.25, -0.2) is 4.79 Å². The van der Waals surface area contributed by atoms with Gasteiger partial charge in [0.2, 0.25) is 0 Å². The van der Waals surface area contributed by atoms with Crippen LogP contribution in [0, 0.1) is 5.92 Å². The molecule has 2 heteroatoms. The first-order chi connectivity index (χ1) is 9.24. The van der Waals surface area contributed by atoms with Gasteiger partial charge in [-0.15, -0.1) is 0 Å². The fourth-order valence-corrected chi connectivity index (χ4v) is 2.23. The van der Waals surface area contributed by atoms with Crippen molar-refractivity contribution >= 4 is 5.97 Å². The summed E-state index contributed by atoms with van der Waals surface area (Å²) in [6.45, 7) is 8.38. The van der Waals surface area contributed by atoms with Crippen LogP contribution in [0.2, 0.25) is 0 Å². The Morgan fingerprint density at radius 3 is 2.16 bits per heavy atom. The Bertz CT molecular complexity index is 223. The minimum Gasteiger partial charge on any atom is -0.462 e. The van der Waals surface area contributed by atoms with Crippen LogP contribution in [0.15, 0.2) is 12.7 Å². The van der Waals surface area contributed by atoms with Crippen molar-refractivity contribution in [1.29, 1.82) is 0 Å². The average molecular weight is 268 g/mol. The highest BCUT2D eigenvalue weighted by atomic mass is 16.5. The molecule has 0 amide bonds. The molecule has 0 aromatic heterocycles. The van der Waals surface area contributed by atoms with Gasteiger partial charge in [-0.1, -0.05) is 78.2 Å². The Balaban J connectivity index is 3.40. The first-order valence-corrected chi connectivity index (χ1v) is 8.03. The van der Waals surface area contributed by atoms with E-state index in [1.165, 1.54) is 63.9 Å². The largest absolute Gasteiger partial charge is 0.462 e. The molecule has 0 heterocycles. The zero-order valence-corrected chi connectivity index (χ0v) is 13.0. The fraction of sp³-hybridized carbons (Fsp3) is 0.824. The molecule has 19 heavy (non-hydrogen) atoms. The minimum absolute atomic E-state index is 0.297. The van der Waals surface area contributed by atoms with Crippen molar-refractivity contribution in [1.82, 2.24) is 0 Å². The molecule has 0 saturated heterocycles. The number of ether oxygens (including phenoxy) is 1. The van der Waals surface area contributed by atoms with E-state index >= 15 is 0 Å². The van der Waals surface area contributed by atoms with Crippen LogP contribution >= 0.6 is 0 Å². The topological polar surface area (TPSA) is 26.3 Å². The molecular weight excluding hydrogens is 236 g/mol. The van der Waals surface area contributed by atoms with Crippen LogP contribution in [-0.4, -0.2) is 12.6 Å². The van der Waals surface area contributed by atoms with Gasteiger partial charge in [-0.2, -0.15) is 0 Å². The number of carbonyl (C=O) groups excluding carboxylic acids is 1. The van der Waals surface area contributed by atoms with Crippen molar-refractivity contribution in [2.75, 3.05) is 6.61 Å². The van der Waals surface area contributed by atoms with Gasteiger partial charge in [-0.05, 0) is 12.3 Å². The molecule has 0 rings (SSSR count). The Morgan fingerprint density at radius 2 is 1.63 bits per heavy atom. The number of hydrogen-bond donors (Lipinski definition) is 0. The Morgan fingerprint density at radius 1 is 1.05 bits per heavy atom. The monoisotopic (exact) mass is 268 g/mol. The SMILES string of the molecule is C=CC(=O)OCC(CC)CCCCCCCCCC. The summed E-state index contributed by atoms with van der Waals surface area (Å²) in [4.78, 5) is 11.0. The highest BCUT2D eigenvalue weighted by Gasteiger charge is 2.08. The quantitative estimate of drug-likeness (QED) is 0.258. The lowest BCUT2D eigenvalue weighted by Gasteiger charge is -2.14. The van der Waals surface area contributed by atoms with Crippen molar-refractivity contribution in [3.05, 3.63) is 12.7 Å². The van der Waals surface area contributed by atoms with Crippen molar-refractivity contribution in [2.45, 2.75) is 78.1 Å². The normalized spacial score (nSPS) is 12.1. The molecular formula is C17H32O2. The molecule has 0 radical (unpaired) electrons. The molecule has 0 bridgehead atoms. The van der Waals surface area contributed by atoms with E-state index in [1.807, 2.05) is 0 Å². The number of esters is 1. The van der Waals surface area contributed by atoms with E-state index < -0.39 is 0 Å². The molecule has 1 atom stereocenters. The van der Waals surface area contributed by atoms with Gasteiger partial charge in [0, 0.05) is 6.08 Å².